The second kappa shape index (κ2) is 10.4. The third-order valence-corrected chi connectivity index (χ3v) is 4.74. The Morgan fingerprint density at radius 3 is 2.31 bits per heavy atom. The van der Waals surface area contributed by atoms with Gasteiger partial charge < -0.3 is 9.47 Å². The van der Waals surface area contributed by atoms with E-state index in [2.05, 4.69) is 5.43 Å². The number of rotatable bonds is 7. The summed E-state index contributed by atoms with van der Waals surface area (Å²) >= 11 is 0. The lowest BCUT2D eigenvalue weighted by Crippen LogP contribution is -2.51. The van der Waals surface area contributed by atoms with Crippen LogP contribution in [0.1, 0.15) is 24.2 Å². The fraction of sp³-hybridized carbons (Fsp3) is 0.200. The van der Waals surface area contributed by atoms with Gasteiger partial charge >= 0.3 is 0 Å². The second-order valence-corrected chi connectivity index (χ2v) is 7.32. The van der Waals surface area contributed by atoms with Crippen LogP contribution in [-0.2, 0) is 4.79 Å². The molecule has 0 radical (unpaired) electrons. The minimum Gasteiger partial charge on any atom is -0.497 e. The molecule has 7 heteroatoms. The van der Waals surface area contributed by atoms with Crippen molar-refractivity contribution in [3.63, 3.8) is 0 Å². The third kappa shape index (κ3) is 5.63. The smallest absolute Gasteiger partial charge is 0.279 e. The molecule has 2 amide bonds. The van der Waals surface area contributed by atoms with Gasteiger partial charge in [0.05, 0.1) is 7.11 Å². The van der Waals surface area contributed by atoms with E-state index in [4.69, 9.17) is 9.47 Å². The number of ether oxygens (including phenoxy) is 2. The molecule has 166 valence electrons. The van der Waals surface area contributed by atoms with Crippen molar-refractivity contribution in [2.24, 2.45) is 0 Å². The van der Waals surface area contributed by atoms with E-state index in [0.717, 1.165) is 0 Å². The summed E-state index contributed by atoms with van der Waals surface area (Å²) in [6, 6.07) is 19.5. The average molecular weight is 436 g/mol. The molecule has 0 unspecified atom stereocenters. The molecule has 0 saturated heterocycles. The van der Waals surface area contributed by atoms with Crippen LogP contribution in [0.4, 0.5) is 4.39 Å². The number of carbonyl (C=O) groups excluding carboxylic acids is 2. The number of carbonyl (C=O) groups is 2. The van der Waals surface area contributed by atoms with E-state index >= 15 is 0 Å². The van der Waals surface area contributed by atoms with E-state index in [0.29, 0.717) is 28.2 Å². The summed E-state index contributed by atoms with van der Waals surface area (Å²) in [7, 11) is 1.56. The minimum atomic E-state index is -0.436. The van der Waals surface area contributed by atoms with Crippen LogP contribution in [0.3, 0.4) is 0 Å². The molecular weight excluding hydrogens is 411 g/mol. The number of nitrogens with one attached hydrogen (secondary N) is 1. The van der Waals surface area contributed by atoms with Gasteiger partial charge in [0.2, 0.25) is 0 Å². The zero-order valence-corrected chi connectivity index (χ0v) is 18.2. The summed E-state index contributed by atoms with van der Waals surface area (Å²) in [5.41, 5.74) is 4.28. The van der Waals surface area contributed by atoms with Crippen molar-refractivity contribution in [2.75, 3.05) is 13.7 Å². The summed E-state index contributed by atoms with van der Waals surface area (Å²) in [6.07, 6.45) is 0. The van der Waals surface area contributed by atoms with Gasteiger partial charge in [-0.1, -0.05) is 30.3 Å². The minimum absolute atomic E-state index is 0.298. The number of halogens is 1. The number of hydrogen-bond acceptors (Lipinski definition) is 4. The highest BCUT2D eigenvalue weighted by atomic mass is 19.1. The third-order valence-electron chi connectivity index (χ3n) is 4.74. The number of hydrogen-bond donors (Lipinski definition) is 1. The molecular formula is C25H25FN2O4. The van der Waals surface area contributed by atoms with Crippen LogP contribution >= 0.6 is 0 Å². The van der Waals surface area contributed by atoms with Gasteiger partial charge in [-0.05, 0) is 61.9 Å². The van der Waals surface area contributed by atoms with Crippen molar-refractivity contribution in [1.29, 1.82) is 0 Å². The van der Waals surface area contributed by atoms with Gasteiger partial charge in [0, 0.05) is 17.2 Å². The Bertz CT molecular complexity index is 1070. The van der Waals surface area contributed by atoms with Crippen LogP contribution in [0.2, 0.25) is 0 Å². The van der Waals surface area contributed by atoms with Gasteiger partial charge in [-0.15, -0.1) is 0 Å². The van der Waals surface area contributed by atoms with E-state index in [1.54, 1.807) is 75.6 Å². The first-order valence-electron chi connectivity index (χ1n) is 10.1. The highest BCUT2D eigenvalue weighted by Gasteiger charge is 2.21. The molecule has 0 atom stereocenters. The van der Waals surface area contributed by atoms with E-state index in [1.165, 1.54) is 23.2 Å². The Morgan fingerprint density at radius 2 is 1.69 bits per heavy atom. The highest BCUT2D eigenvalue weighted by molar-refractivity contribution is 5.95. The van der Waals surface area contributed by atoms with Crippen molar-refractivity contribution in [3.05, 3.63) is 84.2 Å². The van der Waals surface area contributed by atoms with Gasteiger partial charge in [-0.3, -0.25) is 15.0 Å². The summed E-state index contributed by atoms with van der Waals surface area (Å²) < 4.78 is 24.8. The fourth-order valence-electron chi connectivity index (χ4n) is 3.08. The van der Waals surface area contributed by atoms with E-state index < -0.39 is 17.6 Å². The van der Waals surface area contributed by atoms with Gasteiger partial charge in [0.1, 0.15) is 17.3 Å². The van der Waals surface area contributed by atoms with Crippen LogP contribution in [0, 0.1) is 5.82 Å². The lowest BCUT2D eigenvalue weighted by Gasteiger charge is -2.27. The van der Waals surface area contributed by atoms with Crippen LogP contribution < -0.4 is 14.9 Å². The first-order chi connectivity index (χ1) is 15.4. The molecule has 0 heterocycles. The van der Waals surface area contributed by atoms with Crippen molar-refractivity contribution in [1.82, 2.24) is 10.4 Å². The quantitative estimate of drug-likeness (QED) is 0.555. The molecule has 0 aliphatic carbocycles. The van der Waals surface area contributed by atoms with Crippen LogP contribution in [-0.4, -0.2) is 36.6 Å². The molecule has 0 spiro atoms. The van der Waals surface area contributed by atoms with Crippen LogP contribution in [0.25, 0.3) is 11.1 Å². The largest absolute Gasteiger partial charge is 0.497 e. The normalized spacial score (nSPS) is 10.5. The topological polar surface area (TPSA) is 67.9 Å². The summed E-state index contributed by atoms with van der Waals surface area (Å²) in [4.78, 5) is 25.3. The SMILES string of the molecule is COc1ccc(-c2cc(F)ccc2OCC(=O)N(NC(=O)c2ccccc2)C(C)C)cc1. The van der Waals surface area contributed by atoms with Crippen molar-refractivity contribution >= 4 is 11.8 Å². The monoisotopic (exact) mass is 436 g/mol. The maximum atomic E-state index is 13.9. The Balaban J connectivity index is 1.74. The molecule has 0 aromatic heterocycles. The maximum absolute atomic E-state index is 13.9. The summed E-state index contributed by atoms with van der Waals surface area (Å²) in [5.74, 6) is -0.233. The first-order valence-corrected chi connectivity index (χ1v) is 10.1. The van der Waals surface area contributed by atoms with Gasteiger partial charge in [-0.25, -0.2) is 9.40 Å². The summed E-state index contributed by atoms with van der Waals surface area (Å²) in [6.45, 7) is 3.23. The number of methoxy groups -OCH3 is 1. The molecule has 6 nitrogen and oxygen atoms in total. The molecule has 0 fully saturated rings. The number of nitrogens with zero attached hydrogens (tertiary/aromatic N) is 1. The van der Waals surface area contributed by atoms with E-state index in [9.17, 15) is 14.0 Å². The van der Waals surface area contributed by atoms with Gasteiger partial charge in [0.15, 0.2) is 6.61 Å². The molecule has 3 aromatic rings. The van der Waals surface area contributed by atoms with E-state index in [1.807, 2.05) is 0 Å². The molecule has 3 rings (SSSR count). The Hall–Kier alpha value is -3.87. The van der Waals surface area contributed by atoms with Gasteiger partial charge in [-0.2, -0.15) is 0 Å². The molecule has 0 bridgehead atoms. The zero-order valence-electron chi connectivity index (χ0n) is 18.2. The van der Waals surface area contributed by atoms with Crippen LogP contribution in [0.15, 0.2) is 72.8 Å². The fourth-order valence-corrected chi connectivity index (χ4v) is 3.08. The Morgan fingerprint density at radius 1 is 1.00 bits per heavy atom. The summed E-state index contributed by atoms with van der Waals surface area (Å²) in [5, 5.41) is 1.23. The number of hydrazine groups is 1. The lowest BCUT2D eigenvalue weighted by atomic mass is 10.0. The van der Waals surface area contributed by atoms with Gasteiger partial charge in [0.25, 0.3) is 11.8 Å². The Labute approximate surface area is 186 Å². The molecule has 32 heavy (non-hydrogen) atoms. The predicted molar refractivity (Wildman–Crippen MR) is 120 cm³/mol. The standard InChI is InChI=1S/C25H25FN2O4/c1-17(2)28(27-25(30)19-7-5-4-6-8-19)24(29)16-32-23-14-11-20(26)15-22(23)18-9-12-21(31-3)13-10-18/h4-15,17H,16H2,1-3H3,(H,27,30). The number of benzene rings is 3. The van der Waals surface area contributed by atoms with Crippen molar-refractivity contribution in [2.45, 2.75) is 19.9 Å². The van der Waals surface area contributed by atoms with E-state index in [-0.39, 0.29) is 12.6 Å². The number of amides is 2. The highest BCUT2D eigenvalue weighted by Crippen LogP contribution is 2.32. The molecule has 0 saturated carbocycles. The molecule has 0 aliphatic heterocycles. The first kappa shape index (κ1) is 22.8. The predicted octanol–water partition coefficient (Wildman–Crippen LogP) is 4.46. The van der Waals surface area contributed by atoms with Crippen molar-refractivity contribution < 1.29 is 23.5 Å². The molecule has 3 aromatic carbocycles. The molecule has 1 N–H and O–H groups in total. The van der Waals surface area contributed by atoms with Crippen molar-refractivity contribution in [3.8, 4) is 22.6 Å². The lowest BCUT2D eigenvalue weighted by molar-refractivity contribution is -0.137. The zero-order chi connectivity index (χ0) is 23.1. The second-order valence-electron chi connectivity index (χ2n) is 7.32. The Kier molecular flexibility index (Phi) is 7.44. The van der Waals surface area contributed by atoms with Crippen LogP contribution in [0.5, 0.6) is 11.5 Å². The molecule has 0 aliphatic rings. The maximum Gasteiger partial charge on any atom is 0.279 e. The average Bonchev–Trinajstić information content (AvgIpc) is 2.81.